The first kappa shape index (κ1) is 42.9. The van der Waals surface area contributed by atoms with Gasteiger partial charge in [0.1, 0.15) is 18.3 Å². The molecular formula is C37H51N7O10. The van der Waals surface area contributed by atoms with Crippen LogP contribution in [0.3, 0.4) is 0 Å². The van der Waals surface area contributed by atoms with E-state index in [4.69, 9.17) is 5.73 Å². The Kier molecular flexibility index (Phi) is 15.9. The molecule has 9 N–H and O–H groups in total. The molecule has 0 bridgehead atoms. The van der Waals surface area contributed by atoms with Gasteiger partial charge in [0, 0.05) is 31.4 Å². The van der Waals surface area contributed by atoms with Crippen molar-refractivity contribution in [2.75, 3.05) is 24.2 Å². The Balaban J connectivity index is 1.73. The zero-order valence-corrected chi connectivity index (χ0v) is 30.9. The number of likely N-dealkylation sites (N-methyl/N-ethyl adjacent to an activating group) is 1. The Morgan fingerprint density at radius 2 is 1.61 bits per heavy atom. The van der Waals surface area contributed by atoms with Crippen LogP contribution in [0.2, 0.25) is 0 Å². The number of carbonyl (C=O) groups excluding carboxylic acids is 5. The second-order valence-electron chi connectivity index (χ2n) is 13.5. The number of aliphatic carboxylic acids is 2. The zero-order valence-electron chi connectivity index (χ0n) is 30.9. The summed E-state index contributed by atoms with van der Waals surface area (Å²) in [6.07, 6.45) is -2.13. The predicted molar refractivity (Wildman–Crippen MR) is 198 cm³/mol. The third-order valence-electron chi connectivity index (χ3n) is 9.55. The van der Waals surface area contributed by atoms with E-state index >= 15 is 0 Å². The first-order valence-electron chi connectivity index (χ1n) is 17.8. The second kappa shape index (κ2) is 20.1. The van der Waals surface area contributed by atoms with Gasteiger partial charge in [0.15, 0.2) is 0 Å². The number of nitrogens with two attached hydrogens (primary N) is 1. The number of para-hydroxylation sites is 1. The molecule has 1 aliphatic heterocycles. The smallest absolute Gasteiger partial charge is 0.323 e. The van der Waals surface area contributed by atoms with Crippen LogP contribution in [-0.4, -0.2) is 111 Å². The molecule has 1 saturated heterocycles. The first-order valence-corrected chi connectivity index (χ1v) is 17.8. The number of anilines is 2. The average molecular weight is 754 g/mol. The Morgan fingerprint density at radius 3 is 2.20 bits per heavy atom. The lowest BCUT2D eigenvalue weighted by Crippen LogP contribution is -2.60. The van der Waals surface area contributed by atoms with Crippen LogP contribution < -0.4 is 27.0 Å². The van der Waals surface area contributed by atoms with Crippen molar-refractivity contribution in [3.05, 3.63) is 59.7 Å². The lowest BCUT2D eigenvalue weighted by molar-refractivity contribution is -0.143. The lowest BCUT2D eigenvalue weighted by atomic mass is 9.95. The van der Waals surface area contributed by atoms with E-state index in [9.17, 15) is 48.9 Å². The minimum absolute atomic E-state index is 0.104. The fourth-order valence-corrected chi connectivity index (χ4v) is 6.34. The maximum absolute atomic E-state index is 13.8. The van der Waals surface area contributed by atoms with E-state index in [-0.39, 0.29) is 19.4 Å². The van der Waals surface area contributed by atoms with Gasteiger partial charge in [-0.15, -0.1) is 0 Å². The molecule has 2 unspecified atom stereocenters. The van der Waals surface area contributed by atoms with Gasteiger partial charge in [-0.25, -0.2) is 4.79 Å². The summed E-state index contributed by atoms with van der Waals surface area (Å²) in [6.45, 7) is 5.64. The number of carboxylic acid groups (broad SMARTS) is 2. The van der Waals surface area contributed by atoms with E-state index in [2.05, 4.69) is 21.3 Å². The molecule has 1 heterocycles. The number of nitrogens with one attached hydrogen (secondary N) is 4. The average Bonchev–Trinajstić information content (AvgIpc) is 3.61. The number of primary amides is 1. The van der Waals surface area contributed by atoms with Crippen LogP contribution in [0, 0.1) is 12.8 Å². The number of rotatable bonds is 19. The van der Waals surface area contributed by atoms with Crippen molar-refractivity contribution < 1.29 is 48.9 Å². The van der Waals surface area contributed by atoms with Crippen molar-refractivity contribution in [3.8, 4) is 0 Å². The van der Waals surface area contributed by atoms with Gasteiger partial charge in [-0.1, -0.05) is 50.6 Å². The number of likely N-dealkylation sites (tertiary alicyclic amines) is 1. The standard InChI is InChI=1S/C37H51N7O10/c1-5-21(2)32(43(4)29(45)19-23-12-14-24(15-13-23)39-37(54)42-25-10-7-6-9-22(25)3)35(52)40-26(16-17-30(46)47)34(51)41-27(20-31(48)49)36(53)44-18-8-11-28(44)33(38)50/h6-7,9-10,12-15,21,26-28,32,36,53H,5,8,11,16-20H2,1-4H3,(H2,38,50)(H,40,52)(H,41,51)(H,46,47)(H,48,49)(H2,39,42,54)/t21?,26-,27-,28-,32-,36?/m0/s1. The van der Waals surface area contributed by atoms with Crippen molar-refractivity contribution in [2.45, 2.75) is 96.1 Å². The number of urea groups is 1. The number of aryl methyl sites for hydroxylation is 1. The molecule has 6 amide bonds. The predicted octanol–water partition coefficient (Wildman–Crippen LogP) is 1.63. The summed E-state index contributed by atoms with van der Waals surface area (Å²) >= 11 is 0. The summed E-state index contributed by atoms with van der Waals surface area (Å²) < 4.78 is 0. The van der Waals surface area contributed by atoms with Gasteiger partial charge in [-0.2, -0.15) is 0 Å². The number of carbonyl (C=O) groups is 7. The van der Waals surface area contributed by atoms with Gasteiger partial charge in [0.05, 0.1) is 24.9 Å². The second-order valence-corrected chi connectivity index (χ2v) is 13.5. The van der Waals surface area contributed by atoms with Gasteiger partial charge in [-0.3, -0.25) is 33.7 Å². The Hall–Kier alpha value is -5.55. The molecule has 294 valence electrons. The molecule has 17 nitrogen and oxygen atoms in total. The number of carboxylic acids is 2. The van der Waals surface area contributed by atoms with E-state index in [0.29, 0.717) is 36.2 Å². The fourth-order valence-electron chi connectivity index (χ4n) is 6.34. The van der Waals surface area contributed by atoms with Crippen molar-refractivity contribution in [2.24, 2.45) is 11.7 Å². The fraction of sp³-hybridized carbons (Fsp3) is 0.486. The molecule has 1 fully saturated rings. The Morgan fingerprint density at radius 1 is 0.944 bits per heavy atom. The quantitative estimate of drug-likeness (QED) is 0.102. The summed E-state index contributed by atoms with van der Waals surface area (Å²) in [6, 6.07) is 8.57. The number of benzene rings is 2. The van der Waals surface area contributed by atoms with Crippen molar-refractivity contribution in [1.29, 1.82) is 0 Å². The van der Waals surface area contributed by atoms with Crippen LogP contribution in [0.25, 0.3) is 0 Å². The van der Waals surface area contributed by atoms with Gasteiger partial charge in [0.25, 0.3) is 0 Å². The number of aliphatic hydroxyl groups excluding tert-OH is 1. The van der Waals surface area contributed by atoms with Crippen LogP contribution in [0.15, 0.2) is 48.5 Å². The number of hydrogen-bond donors (Lipinski definition) is 8. The molecule has 1 aliphatic rings. The van der Waals surface area contributed by atoms with Crippen molar-refractivity contribution >= 4 is 53.0 Å². The van der Waals surface area contributed by atoms with Crippen LogP contribution in [0.5, 0.6) is 0 Å². The molecule has 0 aliphatic carbocycles. The minimum Gasteiger partial charge on any atom is -0.481 e. The molecule has 17 heteroatoms. The highest BCUT2D eigenvalue weighted by Gasteiger charge is 2.40. The summed E-state index contributed by atoms with van der Waals surface area (Å²) in [7, 11) is 1.45. The highest BCUT2D eigenvalue weighted by molar-refractivity contribution is 6.00. The number of amides is 6. The molecule has 6 atom stereocenters. The zero-order chi connectivity index (χ0) is 40.1. The molecule has 54 heavy (non-hydrogen) atoms. The van der Waals surface area contributed by atoms with Crippen LogP contribution >= 0.6 is 0 Å². The van der Waals surface area contributed by atoms with Crippen LogP contribution in [0.1, 0.15) is 63.5 Å². The first-order chi connectivity index (χ1) is 25.5. The molecule has 2 aromatic rings. The van der Waals surface area contributed by atoms with E-state index < -0.39 is 90.8 Å². The molecule has 0 radical (unpaired) electrons. The summed E-state index contributed by atoms with van der Waals surface area (Å²) in [5.41, 5.74) is 8.09. The van der Waals surface area contributed by atoms with E-state index in [1.54, 1.807) is 43.3 Å². The molecule has 2 aromatic carbocycles. The monoisotopic (exact) mass is 753 g/mol. The van der Waals surface area contributed by atoms with Gasteiger partial charge in [-0.05, 0) is 61.4 Å². The lowest BCUT2D eigenvalue weighted by Gasteiger charge is -2.35. The summed E-state index contributed by atoms with van der Waals surface area (Å²) in [5.74, 6) is -5.89. The summed E-state index contributed by atoms with van der Waals surface area (Å²) in [5, 5.41) is 40.5. The van der Waals surface area contributed by atoms with Gasteiger partial charge >= 0.3 is 18.0 Å². The van der Waals surface area contributed by atoms with Crippen molar-refractivity contribution in [3.63, 3.8) is 0 Å². The highest BCUT2D eigenvalue weighted by Crippen LogP contribution is 2.22. The topological polar surface area (TPSA) is 261 Å². The van der Waals surface area contributed by atoms with Crippen LogP contribution in [-0.2, 0) is 35.2 Å². The minimum atomic E-state index is -1.63. The number of nitrogens with zero attached hydrogens (tertiary/aromatic N) is 2. The number of hydrogen-bond acceptors (Lipinski definition) is 9. The molecular weight excluding hydrogens is 702 g/mol. The van der Waals surface area contributed by atoms with E-state index in [1.807, 2.05) is 26.0 Å². The third kappa shape index (κ3) is 12.3. The molecule has 3 rings (SSSR count). The Bertz CT molecular complexity index is 1670. The maximum Gasteiger partial charge on any atom is 0.323 e. The van der Waals surface area contributed by atoms with Crippen LogP contribution in [0.4, 0.5) is 16.2 Å². The van der Waals surface area contributed by atoms with E-state index in [1.165, 1.54) is 16.8 Å². The van der Waals surface area contributed by atoms with E-state index in [0.717, 1.165) is 5.56 Å². The number of aliphatic hydroxyl groups is 1. The highest BCUT2D eigenvalue weighted by atomic mass is 16.4. The largest absolute Gasteiger partial charge is 0.481 e. The third-order valence-corrected chi connectivity index (χ3v) is 9.55. The van der Waals surface area contributed by atoms with Gasteiger partial charge in [0.2, 0.25) is 23.6 Å². The molecule has 0 aromatic heterocycles. The molecule has 0 spiro atoms. The van der Waals surface area contributed by atoms with Gasteiger partial charge < -0.3 is 47.2 Å². The van der Waals surface area contributed by atoms with Crippen molar-refractivity contribution in [1.82, 2.24) is 20.4 Å². The maximum atomic E-state index is 13.8. The Labute approximate surface area is 313 Å². The summed E-state index contributed by atoms with van der Waals surface area (Å²) in [4.78, 5) is 91.1. The molecule has 0 saturated carbocycles. The SMILES string of the molecule is CCC(C)[C@@H](C(=O)N[C@@H](CCC(=O)O)C(=O)N[C@@H](CC(=O)O)C(O)N1CCC[C@H]1C(N)=O)N(C)C(=O)Cc1ccc(NC(=O)Nc2ccccc2C)cc1. The normalized spacial score (nSPS) is 16.9.